The third-order valence-corrected chi connectivity index (χ3v) is 7.06. The summed E-state index contributed by atoms with van der Waals surface area (Å²) in [7, 11) is -0.678. The van der Waals surface area contributed by atoms with Crippen LogP contribution < -0.4 is 19.5 Å². The van der Waals surface area contributed by atoms with Crippen LogP contribution in [0.3, 0.4) is 0 Å². The van der Waals surface area contributed by atoms with Crippen LogP contribution in [-0.2, 0) is 10.0 Å². The second-order valence-corrected chi connectivity index (χ2v) is 9.75. The molecule has 0 bridgehead atoms. The number of carbonyl (C=O) groups excluding carboxylic acids is 1. The van der Waals surface area contributed by atoms with Gasteiger partial charge in [0.15, 0.2) is 0 Å². The number of nitrogens with zero attached hydrogens (tertiary/aromatic N) is 1. The van der Waals surface area contributed by atoms with Gasteiger partial charge in [-0.3, -0.25) is 4.79 Å². The van der Waals surface area contributed by atoms with E-state index in [1.54, 1.807) is 24.3 Å². The first-order chi connectivity index (χ1) is 15.3. The highest BCUT2D eigenvalue weighted by molar-refractivity contribution is 7.89. The van der Waals surface area contributed by atoms with Crippen LogP contribution in [0.25, 0.3) is 0 Å². The van der Waals surface area contributed by atoms with Crippen molar-refractivity contribution >= 4 is 21.6 Å². The molecule has 0 unspecified atom stereocenters. The van der Waals surface area contributed by atoms with E-state index in [0.29, 0.717) is 30.3 Å². The van der Waals surface area contributed by atoms with E-state index in [0.717, 1.165) is 19.3 Å². The Balaban J connectivity index is 1.96. The van der Waals surface area contributed by atoms with Crippen LogP contribution in [0.2, 0.25) is 0 Å². The SMILES string of the molecule is COc1ccc(C(=O)Nc2cc(S(=O)(=O)N3CCCCC3)ccc2OC(C)C)c(OC)c1. The first-order valence-corrected chi connectivity index (χ1v) is 12.0. The quantitative estimate of drug-likeness (QED) is 0.639. The summed E-state index contributed by atoms with van der Waals surface area (Å²) in [6.45, 7) is 4.71. The fourth-order valence-corrected chi connectivity index (χ4v) is 5.10. The van der Waals surface area contributed by atoms with Crippen molar-refractivity contribution in [1.29, 1.82) is 0 Å². The van der Waals surface area contributed by atoms with Crippen molar-refractivity contribution in [3.05, 3.63) is 42.0 Å². The van der Waals surface area contributed by atoms with Crippen molar-refractivity contribution in [2.24, 2.45) is 0 Å². The summed E-state index contributed by atoms with van der Waals surface area (Å²) in [5, 5.41) is 2.79. The number of nitrogens with one attached hydrogen (secondary N) is 1. The molecule has 2 aromatic rings. The number of hydrogen-bond acceptors (Lipinski definition) is 6. The number of ether oxygens (including phenoxy) is 3. The summed E-state index contributed by atoms with van der Waals surface area (Å²) in [5.74, 6) is 0.825. The molecule has 1 aliphatic heterocycles. The van der Waals surface area contributed by atoms with Crippen LogP contribution in [0.15, 0.2) is 41.3 Å². The third-order valence-electron chi connectivity index (χ3n) is 5.17. The molecule has 1 heterocycles. The Morgan fingerprint density at radius 1 is 0.969 bits per heavy atom. The Morgan fingerprint density at radius 2 is 1.69 bits per heavy atom. The van der Waals surface area contributed by atoms with Gasteiger partial charge in [-0.2, -0.15) is 4.31 Å². The maximum atomic E-state index is 13.1. The third kappa shape index (κ3) is 5.34. The molecule has 174 valence electrons. The minimum Gasteiger partial charge on any atom is -0.497 e. The van der Waals surface area contributed by atoms with E-state index in [2.05, 4.69) is 5.32 Å². The fourth-order valence-electron chi connectivity index (χ4n) is 3.55. The highest BCUT2D eigenvalue weighted by Crippen LogP contribution is 2.32. The highest BCUT2D eigenvalue weighted by atomic mass is 32.2. The minimum atomic E-state index is -3.67. The van der Waals surface area contributed by atoms with Crippen LogP contribution >= 0.6 is 0 Å². The number of anilines is 1. The number of benzene rings is 2. The maximum Gasteiger partial charge on any atom is 0.259 e. The Hall–Kier alpha value is -2.78. The van der Waals surface area contributed by atoms with Gasteiger partial charge in [0.25, 0.3) is 5.91 Å². The van der Waals surface area contributed by atoms with Crippen molar-refractivity contribution in [3.8, 4) is 17.2 Å². The lowest BCUT2D eigenvalue weighted by Crippen LogP contribution is -2.35. The van der Waals surface area contributed by atoms with Crippen molar-refractivity contribution in [1.82, 2.24) is 4.31 Å². The van der Waals surface area contributed by atoms with Crippen LogP contribution in [0, 0.1) is 0 Å². The molecule has 0 radical (unpaired) electrons. The lowest BCUT2D eigenvalue weighted by atomic mass is 10.1. The number of carbonyl (C=O) groups is 1. The average Bonchev–Trinajstić information content (AvgIpc) is 2.79. The molecule has 1 fully saturated rings. The Kier molecular flexibility index (Phi) is 7.63. The van der Waals surface area contributed by atoms with Gasteiger partial charge in [-0.15, -0.1) is 0 Å². The molecule has 2 aromatic carbocycles. The smallest absolute Gasteiger partial charge is 0.259 e. The van der Waals surface area contributed by atoms with Gasteiger partial charge >= 0.3 is 0 Å². The molecule has 3 rings (SSSR count). The van der Waals surface area contributed by atoms with E-state index < -0.39 is 15.9 Å². The van der Waals surface area contributed by atoms with Crippen LogP contribution in [0.4, 0.5) is 5.69 Å². The molecule has 0 aromatic heterocycles. The van der Waals surface area contributed by atoms with Gasteiger partial charge in [-0.25, -0.2) is 8.42 Å². The number of hydrogen-bond donors (Lipinski definition) is 1. The van der Waals surface area contributed by atoms with Crippen molar-refractivity contribution in [3.63, 3.8) is 0 Å². The van der Waals surface area contributed by atoms with E-state index in [1.807, 2.05) is 13.8 Å². The molecule has 0 atom stereocenters. The van der Waals surface area contributed by atoms with Gasteiger partial charge < -0.3 is 19.5 Å². The molecule has 1 amide bonds. The summed E-state index contributed by atoms with van der Waals surface area (Å²) in [5.41, 5.74) is 0.563. The van der Waals surface area contributed by atoms with E-state index in [9.17, 15) is 13.2 Å². The lowest BCUT2D eigenvalue weighted by Gasteiger charge is -2.26. The number of sulfonamides is 1. The predicted molar refractivity (Wildman–Crippen MR) is 122 cm³/mol. The molecule has 1 saturated heterocycles. The molecular formula is C23H30N2O6S. The van der Waals surface area contributed by atoms with Crippen molar-refractivity contribution in [2.45, 2.75) is 44.1 Å². The zero-order valence-corrected chi connectivity index (χ0v) is 19.7. The average molecular weight is 463 g/mol. The van der Waals surface area contributed by atoms with Gasteiger partial charge in [-0.1, -0.05) is 6.42 Å². The first kappa shape index (κ1) is 23.9. The number of piperidine rings is 1. The highest BCUT2D eigenvalue weighted by Gasteiger charge is 2.27. The second-order valence-electron chi connectivity index (χ2n) is 7.81. The zero-order chi connectivity index (χ0) is 23.3. The summed E-state index contributed by atoms with van der Waals surface area (Å²) in [6, 6.07) is 9.40. The molecule has 8 nitrogen and oxygen atoms in total. The summed E-state index contributed by atoms with van der Waals surface area (Å²) >= 11 is 0. The van der Waals surface area contributed by atoms with E-state index in [1.165, 1.54) is 30.7 Å². The lowest BCUT2D eigenvalue weighted by molar-refractivity contribution is 0.102. The van der Waals surface area contributed by atoms with Crippen LogP contribution in [0.1, 0.15) is 43.5 Å². The summed E-state index contributed by atoms with van der Waals surface area (Å²) < 4.78 is 44.1. The Bertz CT molecular complexity index is 1060. The molecule has 0 saturated carbocycles. The molecule has 1 N–H and O–H groups in total. The van der Waals surface area contributed by atoms with Gasteiger partial charge in [0.05, 0.1) is 36.5 Å². The predicted octanol–water partition coefficient (Wildman–Crippen LogP) is 3.92. The number of rotatable bonds is 8. The largest absolute Gasteiger partial charge is 0.497 e. The van der Waals surface area contributed by atoms with Gasteiger partial charge in [0, 0.05) is 19.2 Å². The van der Waals surface area contributed by atoms with E-state index in [-0.39, 0.29) is 22.3 Å². The van der Waals surface area contributed by atoms with Crippen LogP contribution in [-0.4, -0.2) is 52.0 Å². The Labute approximate surface area is 189 Å². The molecular weight excluding hydrogens is 432 g/mol. The van der Waals surface area contributed by atoms with Gasteiger partial charge in [0.1, 0.15) is 17.2 Å². The molecule has 32 heavy (non-hydrogen) atoms. The van der Waals surface area contributed by atoms with Crippen molar-refractivity contribution < 1.29 is 27.4 Å². The van der Waals surface area contributed by atoms with Crippen molar-refractivity contribution in [2.75, 3.05) is 32.6 Å². The first-order valence-electron chi connectivity index (χ1n) is 10.6. The number of amides is 1. The molecule has 1 aliphatic rings. The maximum absolute atomic E-state index is 13.1. The molecule has 0 spiro atoms. The zero-order valence-electron chi connectivity index (χ0n) is 18.9. The fraction of sp³-hybridized carbons (Fsp3) is 0.435. The topological polar surface area (TPSA) is 94.2 Å². The Morgan fingerprint density at radius 3 is 2.31 bits per heavy atom. The number of methoxy groups -OCH3 is 2. The summed E-state index contributed by atoms with van der Waals surface area (Å²) in [4.78, 5) is 13.2. The van der Waals surface area contributed by atoms with E-state index >= 15 is 0 Å². The minimum absolute atomic E-state index is 0.118. The van der Waals surface area contributed by atoms with E-state index in [4.69, 9.17) is 14.2 Å². The second kappa shape index (κ2) is 10.2. The standard InChI is InChI=1S/C23H30N2O6S/c1-16(2)31-21-11-9-18(32(27,28)25-12-6-5-7-13-25)15-20(21)24-23(26)19-10-8-17(29-3)14-22(19)30-4/h8-11,14-16H,5-7,12-13H2,1-4H3,(H,24,26). The summed E-state index contributed by atoms with van der Waals surface area (Å²) in [6.07, 6.45) is 2.55. The normalized spacial score (nSPS) is 14.8. The van der Waals surface area contributed by atoms with Crippen LogP contribution in [0.5, 0.6) is 17.2 Å². The molecule has 9 heteroatoms. The van der Waals surface area contributed by atoms with Gasteiger partial charge in [0.2, 0.25) is 10.0 Å². The van der Waals surface area contributed by atoms with Gasteiger partial charge in [-0.05, 0) is 57.0 Å². The monoisotopic (exact) mass is 462 g/mol. The molecule has 0 aliphatic carbocycles.